The lowest BCUT2D eigenvalue weighted by atomic mass is 9.95. The summed E-state index contributed by atoms with van der Waals surface area (Å²) in [4.78, 5) is 16.0. The number of nitrogens with two attached hydrogens (primary N) is 1. The van der Waals surface area contributed by atoms with Crippen LogP contribution in [-0.4, -0.2) is 23.0 Å². The topological polar surface area (TPSA) is 68.0 Å². The summed E-state index contributed by atoms with van der Waals surface area (Å²) in [5.41, 5.74) is 8.34. The number of thiazole rings is 1. The second-order valence-electron chi connectivity index (χ2n) is 4.92. The number of aromatic nitrogens is 1. The van der Waals surface area contributed by atoms with Gasteiger partial charge in [-0.1, -0.05) is 0 Å². The van der Waals surface area contributed by atoms with Crippen molar-refractivity contribution < 1.29 is 4.79 Å². The van der Waals surface area contributed by atoms with Gasteiger partial charge in [-0.2, -0.15) is 0 Å². The van der Waals surface area contributed by atoms with E-state index in [0.717, 1.165) is 5.69 Å². The van der Waals surface area contributed by atoms with Crippen LogP contribution in [0, 0.1) is 5.92 Å². The van der Waals surface area contributed by atoms with E-state index in [1.54, 1.807) is 16.8 Å². The van der Waals surface area contributed by atoms with Gasteiger partial charge in [0.1, 0.15) is 0 Å². The number of amides is 1. The fraction of sp³-hybridized carbons (Fsp3) is 0.667. The molecule has 0 aliphatic heterocycles. The molecule has 1 saturated carbocycles. The van der Waals surface area contributed by atoms with Gasteiger partial charge in [-0.25, -0.2) is 4.98 Å². The Bertz CT molecular complexity index is 375. The van der Waals surface area contributed by atoms with Crippen molar-refractivity contribution >= 4 is 17.2 Å². The van der Waals surface area contributed by atoms with Crippen molar-refractivity contribution in [2.24, 2.45) is 11.7 Å². The van der Waals surface area contributed by atoms with E-state index in [1.807, 2.05) is 12.3 Å². The van der Waals surface area contributed by atoms with E-state index in [4.69, 9.17) is 5.73 Å². The zero-order valence-electron chi connectivity index (χ0n) is 10.1. The third-order valence-corrected chi connectivity index (χ3v) is 4.05. The van der Waals surface area contributed by atoms with Gasteiger partial charge in [-0.3, -0.25) is 4.79 Å². The van der Waals surface area contributed by atoms with Crippen LogP contribution in [-0.2, 0) is 11.2 Å². The fourth-order valence-corrected chi connectivity index (χ4v) is 2.62. The maximum absolute atomic E-state index is 11.9. The molecule has 0 aromatic carbocycles. The summed E-state index contributed by atoms with van der Waals surface area (Å²) in [6, 6.07) is 0. The second kappa shape index (κ2) is 5.14. The highest BCUT2D eigenvalue weighted by atomic mass is 32.1. The van der Waals surface area contributed by atoms with E-state index in [1.165, 1.54) is 12.8 Å². The number of hydrogen-bond acceptors (Lipinski definition) is 4. The van der Waals surface area contributed by atoms with Crippen LogP contribution in [0.2, 0.25) is 0 Å². The van der Waals surface area contributed by atoms with E-state index in [0.29, 0.717) is 25.3 Å². The molecular formula is C12H19N3OS. The maximum Gasteiger partial charge on any atom is 0.220 e. The minimum atomic E-state index is -0.209. The Morgan fingerprint density at radius 1 is 1.71 bits per heavy atom. The molecule has 4 nitrogen and oxygen atoms in total. The number of nitrogens with one attached hydrogen (secondary N) is 1. The van der Waals surface area contributed by atoms with E-state index >= 15 is 0 Å². The van der Waals surface area contributed by atoms with Gasteiger partial charge in [0.15, 0.2) is 0 Å². The summed E-state index contributed by atoms with van der Waals surface area (Å²) in [5, 5.41) is 5.06. The second-order valence-corrected chi connectivity index (χ2v) is 5.64. The Balaban J connectivity index is 1.80. The van der Waals surface area contributed by atoms with E-state index in [-0.39, 0.29) is 11.4 Å². The van der Waals surface area contributed by atoms with Crippen LogP contribution >= 0.6 is 11.3 Å². The lowest BCUT2D eigenvalue weighted by Crippen LogP contribution is -2.53. The van der Waals surface area contributed by atoms with Gasteiger partial charge in [0.05, 0.1) is 16.7 Å². The molecule has 1 heterocycles. The number of carbonyl (C=O) groups excluding carboxylic acids is 1. The molecule has 0 radical (unpaired) electrons. The summed E-state index contributed by atoms with van der Waals surface area (Å²) >= 11 is 1.56. The third kappa shape index (κ3) is 3.26. The zero-order valence-corrected chi connectivity index (χ0v) is 10.9. The molecule has 0 spiro atoms. The van der Waals surface area contributed by atoms with Crippen LogP contribution in [0.4, 0.5) is 0 Å². The molecule has 1 fully saturated rings. The van der Waals surface area contributed by atoms with Crippen LogP contribution in [0.15, 0.2) is 10.9 Å². The molecule has 1 amide bonds. The smallest absolute Gasteiger partial charge is 0.220 e. The quantitative estimate of drug-likeness (QED) is 0.803. The highest BCUT2D eigenvalue weighted by Crippen LogP contribution is 2.38. The summed E-state index contributed by atoms with van der Waals surface area (Å²) in [5.74, 6) is 0.647. The molecule has 1 aliphatic carbocycles. The van der Waals surface area contributed by atoms with Gasteiger partial charge in [0, 0.05) is 18.3 Å². The molecule has 0 saturated heterocycles. The fourth-order valence-electron chi connectivity index (χ4n) is 2.02. The first-order chi connectivity index (χ1) is 8.14. The largest absolute Gasteiger partial charge is 0.349 e. The van der Waals surface area contributed by atoms with E-state index < -0.39 is 0 Å². The summed E-state index contributed by atoms with van der Waals surface area (Å²) in [6.45, 7) is 2.56. The van der Waals surface area contributed by atoms with Crippen molar-refractivity contribution in [3.8, 4) is 0 Å². The summed E-state index contributed by atoms with van der Waals surface area (Å²) in [6.07, 6.45) is 3.56. The molecule has 3 N–H and O–H groups in total. The molecule has 1 unspecified atom stereocenters. The molecule has 1 aliphatic rings. The van der Waals surface area contributed by atoms with Crippen molar-refractivity contribution in [3.05, 3.63) is 16.6 Å². The molecule has 1 aromatic heterocycles. The van der Waals surface area contributed by atoms with Gasteiger partial charge in [0.25, 0.3) is 0 Å². The SMILES string of the molecule is CC(CN)(NC(=O)CCc1cscn1)C1CC1. The van der Waals surface area contributed by atoms with Gasteiger partial charge in [-0.15, -0.1) is 11.3 Å². The normalized spacial score (nSPS) is 18.7. The number of aryl methyl sites for hydroxylation is 1. The lowest BCUT2D eigenvalue weighted by molar-refractivity contribution is -0.123. The Morgan fingerprint density at radius 2 is 2.47 bits per heavy atom. The van der Waals surface area contributed by atoms with Crippen LogP contribution in [0.3, 0.4) is 0 Å². The lowest BCUT2D eigenvalue weighted by Gasteiger charge is -2.29. The first kappa shape index (κ1) is 12.5. The van der Waals surface area contributed by atoms with Crippen molar-refractivity contribution in [3.63, 3.8) is 0 Å². The van der Waals surface area contributed by atoms with Crippen molar-refractivity contribution in [2.75, 3.05) is 6.54 Å². The number of nitrogens with zero attached hydrogens (tertiary/aromatic N) is 1. The Kier molecular flexibility index (Phi) is 3.79. The van der Waals surface area contributed by atoms with Crippen molar-refractivity contribution in [1.82, 2.24) is 10.3 Å². The first-order valence-electron chi connectivity index (χ1n) is 6.02. The summed E-state index contributed by atoms with van der Waals surface area (Å²) in [7, 11) is 0. The first-order valence-corrected chi connectivity index (χ1v) is 6.96. The van der Waals surface area contributed by atoms with Crippen LogP contribution < -0.4 is 11.1 Å². The van der Waals surface area contributed by atoms with Crippen molar-refractivity contribution in [2.45, 2.75) is 38.1 Å². The summed E-state index contributed by atoms with van der Waals surface area (Å²) < 4.78 is 0. The molecule has 1 atom stereocenters. The predicted octanol–water partition coefficient (Wildman–Crippen LogP) is 1.32. The Labute approximate surface area is 106 Å². The molecule has 2 rings (SSSR count). The number of carbonyl (C=O) groups is 1. The Morgan fingerprint density at radius 3 is 3.00 bits per heavy atom. The highest BCUT2D eigenvalue weighted by Gasteiger charge is 2.41. The van der Waals surface area contributed by atoms with E-state index in [2.05, 4.69) is 10.3 Å². The van der Waals surface area contributed by atoms with Gasteiger partial charge in [-0.05, 0) is 32.1 Å². The molecule has 1 aromatic rings. The monoisotopic (exact) mass is 253 g/mol. The van der Waals surface area contributed by atoms with Gasteiger partial charge >= 0.3 is 0 Å². The van der Waals surface area contributed by atoms with E-state index in [9.17, 15) is 4.79 Å². The maximum atomic E-state index is 11.9. The highest BCUT2D eigenvalue weighted by molar-refractivity contribution is 7.07. The molecule has 94 valence electrons. The average Bonchev–Trinajstić information content (AvgIpc) is 3.05. The number of hydrogen-bond donors (Lipinski definition) is 2. The molecule has 17 heavy (non-hydrogen) atoms. The molecular weight excluding hydrogens is 234 g/mol. The van der Waals surface area contributed by atoms with Crippen LogP contribution in [0.5, 0.6) is 0 Å². The predicted molar refractivity (Wildman–Crippen MR) is 68.8 cm³/mol. The molecule has 5 heteroatoms. The van der Waals surface area contributed by atoms with Gasteiger partial charge in [0.2, 0.25) is 5.91 Å². The van der Waals surface area contributed by atoms with Crippen molar-refractivity contribution in [1.29, 1.82) is 0 Å². The molecule has 0 bridgehead atoms. The average molecular weight is 253 g/mol. The Hall–Kier alpha value is -0.940. The minimum Gasteiger partial charge on any atom is -0.349 e. The standard InChI is InChI=1S/C12H19N3OS/c1-12(7-13,9-2-3-9)15-11(16)5-4-10-6-17-8-14-10/h6,8-9H,2-5,7,13H2,1H3,(H,15,16). The van der Waals surface area contributed by atoms with Crippen LogP contribution in [0.25, 0.3) is 0 Å². The van der Waals surface area contributed by atoms with Gasteiger partial charge < -0.3 is 11.1 Å². The zero-order chi connectivity index (χ0) is 12.3. The number of rotatable bonds is 6. The van der Waals surface area contributed by atoms with Crippen LogP contribution in [0.1, 0.15) is 31.9 Å². The minimum absolute atomic E-state index is 0.0813. The third-order valence-electron chi connectivity index (χ3n) is 3.42.